The number of carbonyl (C=O) groups is 2. The SMILES string of the molecule is CC[C@@H](C(=O)NCC(C)C)N(Cc1cccc(OC)c1)C(=O)CCCN(c1ccccc1F)S(C)(=O)=O. The van der Waals surface area contributed by atoms with Crippen LogP contribution in [0.4, 0.5) is 10.1 Å². The Morgan fingerprint density at radius 2 is 1.81 bits per heavy atom. The van der Waals surface area contributed by atoms with E-state index in [-0.39, 0.29) is 49.4 Å². The van der Waals surface area contributed by atoms with Gasteiger partial charge in [-0.05, 0) is 48.6 Å². The summed E-state index contributed by atoms with van der Waals surface area (Å²) in [4.78, 5) is 28.0. The first-order valence-corrected chi connectivity index (χ1v) is 14.2. The Kier molecular flexibility index (Phi) is 11.4. The Balaban J connectivity index is 2.24. The molecule has 2 amide bonds. The topological polar surface area (TPSA) is 96.0 Å². The van der Waals surface area contributed by atoms with Crippen molar-refractivity contribution >= 4 is 27.5 Å². The molecule has 8 nitrogen and oxygen atoms in total. The Hall–Kier alpha value is -3.14. The zero-order valence-electron chi connectivity index (χ0n) is 22.2. The molecule has 0 saturated carbocycles. The van der Waals surface area contributed by atoms with E-state index in [2.05, 4.69) is 5.32 Å². The molecule has 0 fully saturated rings. The lowest BCUT2D eigenvalue weighted by atomic mass is 10.1. The normalized spacial score (nSPS) is 12.2. The van der Waals surface area contributed by atoms with E-state index in [0.29, 0.717) is 18.7 Å². The minimum atomic E-state index is -3.77. The molecule has 0 aliphatic carbocycles. The predicted octanol–water partition coefficient (Wildman–Crippen LogP) is 3.96. The van der Waals surface area contributed by atoms with Crippen LogP contribution in [0, 0.1) is 11.7 Å². The van der Waals surface area contributed by atoms with E-state index in [1.165, 1.54) is 23.1 Å². The van der Waals surface area contributed by atoms with Gasteiger partial charge >= 0.3 is 0 Å². The van der Waals surface area contributed by atoms with Gasteiger partial charge in [-0.3, -0.25) is 13.9 Å². The van der Waals surface area contributed by atoms with Crippen molar-refractivity contribution in [2.45, 2.75) is 52.6 Å². The van der Waals surface area contributed by atoms with Crippen molar-refractivity contribution in [2.24, 2.45) is 5.92 Å². The minimum absolute atomic E-state index is 0.0155. The number of methoxy groups -OCH3 is 1. The third-order valence-corrected chi connectivity index (χ3v) is 7.01. The number of sulfonamides is 1. The van der Waals surface area contributed by atoms with Gasteiger partial charge in [-0.25, -0.2) is 12.8 Å². The number of ether oxygens (including phenoxy) is 1. The number of nitrogens with zero attached hydrogens (tertiary/aromatic N) is 2. The van der Waals surface area contributed by atoms with E-state index in [1.54, 1.807) is 19.2 Å². The molecule has 37 heavy (non-hydrogen) atoms. The summed E-state index contributed by atoms with van der Waals surface area (Å²) in [6.07, 6.45) is 1.55. The average molecular weight is 536 g/mol. The molecule has 0 aromatic heterocycles. The molecule has 0 radical (unpaired) electrons. The molecule has 0 spiro atoms. The van der Waals surface area contributed by atoms with E-state index in [9.17, 15) is 22.4 Å². The molecule has 204 valence electrons. The summed E-state index contributed by atoms with van der Waals surface area (Å²) < 4.78 is 45.3. The molecule has 2 rings (SSSR count). The molecule has 0 aliphatic rings. The van der Waals surface area contributed by atoms with Gasteiger partial charge in [0.25, 0.3) is 0 Å². The van der Waals surface area contributed by atoms with Gasteiger partial charge in [0.05, 0.1) is 19.1 Å². The van der Waals surface area contributed by atoms with Gasteiger partial charge in [0.1, 0.15) is 17.6 Å². The lowest BCUT2D eigenvalue weighted by molar-refractivity contribution is -0.141. The van der Waals surface area contributed by atoms with Crippen molar-refractivity contribution in [3.05, 3.63) is 59.9 Å². The average Bonchev–Trinajstić information content (AvgIpc) is 2.85. The Bertz CT molecular complexity index is 1160. The number of anilines is 1. The van der Waals surface area contributed by atoms with E-state index < -0.39 is 21.9 Å². The number of carbonyl (C=O) groups excluding carboxylic acids is 2. The molecule has 1 atom stereocenters. The number of hydrogen-bond acceptors (Lipinski definition) is 5. The van der Waals surface area contributed by atoms with Crippen LogP contribution in [0.15, 0.2) is 48.5 Å². The van der Waals surface area contributed by atoms with Crippen LogP contribution in [-0.4, -0.2) is 57.6 Å². The molecule has 2 aromatic rings. The molecular formula is C27H38FN3O5S. The smallest absolute Gasteiger partial charge is 0.242 e. The summed E-state index contributed by atoms with van der Waals surface area (Å²) in [5.74, 6) is -0.306. The van der Waals surface area contributed by atoms with Crippen molar-refractivity contribution in [3.63, 3.8) is 0 Å². The maximum atomic E-state index is 14.3. The van der Waals surface area contributed by atoms with Crippen LogP contribution in [0.1, 0.15) is 45.6 Å². The first-order valence-electron chi connectivity index (χ1n) is 12.4. The monoisotopic (exact) mass is 535 g/mol. The number of para-hydroxylation sites is 1. The molecule has 10 heteroatoms. The highest BCUT2D eigenvalue weighted by atomic mass is 32.2. The largest absolute Gasteiger partial charge is 0.497 e. The lowest BCUT2D eigenvalue weighted by Crippen LogP contribution is -2.49. The number of rotatable bonds is 14. The molecule has 0 heterocycles. The number of halogens is 1. The molecule has 0 saturated heterocycles. The van der Waals surface area contributed by atoms with E-state index >= 15 is 0 Å². The third-order valence-electron chi connectivity index (χ3n) is 5.83. The van der Waals surface area contributed by atoms with Gasteiger partial charge in [0.2, 0.25) is 21.8 Å². The first-order chi connectivity index (χ1) is 17.5. The molecule has 0 unspecified atom stereocenters. The van der Waals surface area contributed by atoms with Gasteiger partial charge in [-0.15, -0.1) is 0 Å². The van der Waals surface area contributed by atoms with Crippen molar-refractivity contribution in [1.82, 2.24) is 10.2 Å². The maximum absolute atomic E-state index is 14.3. The van der Waals surface area contributed by atoms with Gasteiger partial charge in [0, 0.05) is 26.1 Å². The van der Waals surface area contributed by atoms with Crippen LogP contribution in [0.3, 0.4) is 0 Å². The highest BCUT2D eigenvalue weighted by Gasteiger charge is 2.29. The van der Waals surface area contributed by atoms with Crippen molar-refractivity contribution < 1.29 is 27.1 Å². The number of benzene rings is 2. The molecule has 2 aromatic carbocycles. The summed E-state index contributed by atoms with van der Waals surface area (Å²) in [6, 6.07) is 12.2. The van der Waals surface area contributed by atoms with Gasteiger partial charge in [0.15, 0.2) is 0 Å². The first kappa shape index (κ1) is 30.1. The van der Waals surface area contributed by atoms with E-state index in [1.807, 2.05) is 39.0 Å². The Morgan fingerprint density at radius 3 is 2.41 bits per heavy atom. The third kappa shape index (κ3) is 9.03. The fourth-order valence-corrected chi connectivity index (χ4v) is 4.91. The summed E-state index contributed by atoms with van der Waals surface area (Å²) >= 11 is 0. The standard InChI is InChI=1S/C27H38FN3O5S/c1-6-24(27(33)29-18-20(2)3)30(19-21-11-9-12-22(17-21)36-4)26(32)15-10-16-31(37(5,34)35)25-14-8-7-13-23(25)28/h7-9,11-14,17,20,24H,6,10,15-16,18-19H2,1-5H3,(H,29,33)/t24-/m0/s1. The number of nitrogens with one attached hydrogen (secondary N) is 1. The van der Waals surface area contributed by atoms with Crippen molar-refractivity contribution in [2.75, 3.05) is 30.8 Å². The van der Waals surface area contributed by atoms with Crippen molar-refractivity contribution in [3.8, 4) is 5.75 Å². The summed E-state index contributed by atoms with van der Waals surface area (Å²) in [6.45, 7) is 6.42. The van der Waals surface area contributed by atoms with Crippen LogP contribution >= 0.6 is 0 Å². The molecular weight excluding hydrogens is 497 g/mol. The fraction of sp³-hybridized carbons (Fsp3) is 0.481. The number of amides is 2. The van der Waals surface area contributed by atoms with Gasteiger partial charge in [-0.1, -0.05) is 45.0 Å². The molecule has 1 N–H and O–H groups in total. The van der Waals surface area contributed by atoms with Crippen LogP contribution in [-0.2, 0) is 26.2 Å². The highest BCUT2D eigenvalue weighted by Crippen LogP contribution is 2.23. The van der Waals surface area contributed by atoms with Gasteiger partial charge in [-0.2, -0.15) is 0 Å². The quantitative estimate of drug-likeness (QED) is 0.395. The second kappa shape index (κ2) is 14.0. The Morgan fingerprint density at radius 1 is 1.11 bits per heavy atom. The molecule has 0 aliphatic heterocycles. The summed E-state index contributed by atoms with van der Waals surface area (Å²) in [7, 11) is -2.22. The van der Waals surface area contributed by atoms with Gasteiger partial charge < -0.3 is 15.0 Å². The lowest BCUT2D eigenvalue weighted by Gasteiger charge is -2.31. The second-order valence-corrected chi connectivity index (χ2v) is 11.2. The van der Waals surface area contributed by atoms with Crippen molar-refractivity contribution in [1.29, 1.82) is 0 Å². The van der Waals surface area contributed by atoms with Crippen LogP contribution < -0.4 is 14.4 Å². The van der Waals surface area contributed by atoms with Crippen LogP contribution in [0.5, 0.6) is 5.75 Å². The van der Waals surface area contributed by atoms with E-state index in [0.717, 1.165) is 16.1 Å². The van der Waals surface area contributed by atoms with E-state index in [4.69, 9.17) is 4.74 Å². The zero-order valence-corrected chi connectivity index (χ0v) is 23.1. The van der Waals surface area contributed by atoms with Crippen LogP contribution in [0.25, 0.3) is 0 Å². The molecule has 0 bridgehead atoms. The zero-order chi connectivity index (χ0) is 27.6. The maximum Gasteiger partial charge on any atom is 0.242 e. The van der Waals surface area contributed by atoms with Crippen LogP contribution in [0.2, 0.25) is 0 Å². The predicted molar refractivity (Wildman–Crippen MR) is 143 cm³/mol. The Labute approximate surface area is 219 Å². The number of hydrogen-bond donors (Lipinski definition) is 1. The fourth-order valence-electron chi connectivity index (χ4n) is 3.95. The minimum Gasteiger partial charge on any atom is -0.497 e. The highest BCUT2D eigenvalue weighted by molar-refractivity contribution is 7.92. The second-order valence-electron chi connectivity index (χ2n) is 9.33. The summed E-state index contributed by atoms with van der Waals surface area (Å²) in [5.41, 5.74) is 0.733. The summed E-state index contributed by atoms with van der Waals surface area (Å²) in [5, 5.41) is 2.91.